The summed E-state index contributed by atoms with van der Waals surface area (Å²) in [5, 5.41) is 0.296. The monoisotopic (exact) mass is 329 g/mol. The number of carbonyl (C=O) groups is 1. The van der Waals surface area contributed by atoms with E-state index in [4.69, 9.17) is 9.47 Å². The highest BCUT2D eigenvalue weighted by molar-refractivity contribution is 5.87. The van der Waals surface area contributed by atoms with E-state index in [-0.39, 0.29) is 17.9 Å². The molecule has 5 nitrogen and oxygen atoms in total. The molecule has 0 aliphatic rings. The highest BCUT2D eigenvalue weighted by Crippen LogP contribution is 2.33. The summed E-state index contributed by atoms with van der Waals surface area (Å²) in [6.45, 7) is 1.22. The molecule has 1 aromatic carbocycles. The van der Waals surface area contributed by atoms with Crippen LogP contribution in [-0.2, 0) is 22.3 Å². The first-order chi connectivity index (χ1) is 10.8. The predicted molar refractivity (Wildman–Crippen MR) is 76.4 cm³/mol. The molecular weight excluding hydrogens is 315 g/mol. The lowest BCUT2D eigenvalue weighted by molar-refractivity contribution is -0.143. The molecule has 23 heavy (non-hydrogen) atoms. The maximum Gasteiger partial charge on any atom is 0.416 e. The average Bonchev–Trinajstić information content (AvgIpc) is 2.48. The average molecular weight is 329 g/mol. The molecule has 0 radical (unpaired) electrons. The number of rotatable bonds is 4. The first-order valence-electron chi connectivity index (χ1n) is 6.72. The minimum absolute atomic E-state index is 0.0442. The number of methoxy groups -OCH3 is 1. The number of pyridine rings is 1. The fourth-order valence-electron chi connectivity index (χ4n) is 2.19. The van der Waals surface area contributed by atoms with E-state index in [9.17, 15) is 22.8 Å². The molecule has 2 rings (SSSR count). The van der Waals surface area contributed by atoms with E-state index in [0.717, 1.165) is 22.8 Å². The normalized spacial score (nSPS) is 11.5. The van der Waals surface area contributed by atoms with Gasteiger partial charge in [0.25, 0.3) is 5.56 Å². The molecule has 0 unspecified atom stereocenters. The number of aromatic nitrogens is 1. The van der Waals surface area contributed by atoms with Crippen molar-refractivity contribution in [3.63, 3.8) is 0 Å². The van der Waals surface area contributed by atoms with Crippen molar-refractivity contribution in [1.82, 2.24) is 4.57 Å². The van der Waals surface area contributed by atoms with E-state index >= 15 is 0 Å². The maximum atomic E-state index is 12.9. The summed E-state index contributed by atoms with van der Waals surface area (Å²) in [6, 6.07) is 4.04. The van der Waals surface area contributed by atoms with Crippen LogP contribution in [0.5, 0.6) is 5.75 Å². The second kappa shape index (κ2) is 6.31. The van der Waals surface area contributed by atoms with Gasteiger partial charge in [-0.25, -0.2) is 0 Å². The van der Waals surface area contributed by atoms with E-state index in [0.29, 0.717) is 5.39 Å². The van der Waals surface area contributed by atoms with Crippen molar-refractivity contribution in [2.24, 2.45) is 0 Å². The number of ether oxygens (including phenoxy) is 2. The van der Waals surface area contributed by atoms with Gasteiger partial charge in [0, 0.05) is 11.5 Å². The Morgan fingerprint density at radius 2 is 1.96 bits per heavy atom. The fourth-order valence-corrected chi connectivity index (χ4v) is 2.19. The maximum absolute atomic E-state index is 12.9. The van der Waals surface area contributed by atoms with Gasteiger partial charge in [0.05, 0.1) is 24.8 Å². The molecule has 0 atom stereocenters. The lowest BCUT2D eigenvalue weighted by Crippen LogP contribution is -2.25. The van der Waals surface area contributed by atoms with Gasteiger partial charge in [0.2, 0.25) is 0 Å². The zero-order chi connectivity index (χ0) is 17.2. The first kappa shape index (κ1) is 16.9. The third-order valence-corrected chi connectivity index (χ3v) is 3.21. The van der Waals surface area contributed by atoms with Gasteiger partial charge in [0.15, 0.2) is 0 Å². The molecule has 0 spiro atoms. The van der Waals surface area contributed by atoms with Gasteiger partial charge in [0.1, 0.15) is 12.3 Å². The second-order valence-corrected chi connectivity index (χ2v) is 4.67. The Kier molecular flexibility index (Phi) is 4.63. The molecule has 0 aliphatic heterocycles. The molecule has 0 N–H and O–H groups in total. The second-order valence-electron chi connectivity index (χ2n) is 4.67. The number of fused-ring (bicyclic) bond motifs is 1. The molecule has 124 valence electrons. The Hall–Kier alpha value is -2.51. The summed E-state index contributed by atoms with van der Waals surface area (Å²) in [6.07, 6.45) is -4.57. The van der Waals surface area contributed by atoms with Gasteiger partial charge in [-0.2, -0.15) is 13.2 Å². The van der Waals surface area contributed by atoms with Crippen molar-refractivity contribution in [2.45, 2.75) is 19.6 Å². The summed E-state index contributed by atoms with van der Waals surface area (Å²) in [5.74, 6) is -0.572. The topological polar surface area (TPSA) is 57.5 Å². The third kappa shape index (κ3) is 3.46. The van der Waals surface area contributed by atoms with Gasteiger partial charge >= 0.3 is 12.1 Å². The Morgan fingerprint density at radius 1 is 1.26 bits per heavy atom. The molecule has 0 bridgehead atoms. The summed E-state index contributed by atoms with van der Waals surface area (Å²) in [5.41, 5.74) is -1.62. The molecule has 0 saturated heterocycles. The molecule has 1 aromatic heterocycles. The number of benzene rings is 1. The van der Waals surface area contributed by atoms with Gasteiger partial charge in [-0.1, -0.05) is 0 Å². The zero-order valence-electron chi connectivity index (χ0n) is 12.4. The highest BCUT2D eigenvalue weighted by atomic mass is 19.4. The van der Waals surface area contributed by atoms with Crippen molar-refractivity contribution in [3.05, 3.63) is 40.2 Å². The van der Waals surface area contributed by atoms with Crippen molar-refractivity contribution in [1.29, 1.82) is 0 Å². The van der Waals surface area contributed by atoms with Crippen LogP contribution in [0, 0.1) is 0 Å². The Bertz CT molecular complexity index is 796. The van der Waals surface area contributed by atoms with Crippen LogP contribution in [0.1, 0.15) is 12.5 Å². The quantitative estimate of drug-likeness (QED) is 0.809. The number of alkyl halides is 3. The third-order valence-electron chi connectivity index (χ3n) is 3.21. The minimum atomic E-state index is -4.57. The van der Waals surface area contributed by atoms with E-state index in [2.05, 4.69) is 0 Å². The smallest absolute Gasteiger partial charge is 0.416 e. The number of carbonyl (C=O) groups excluding carboxylic acids is 1. The van der Waals surface area contributed by atoms with E-state index in [1.54, 1.807) is 6.92 Å². The van der Waals surface area contributed by atoms with Crippen molar-refractivity contribution in [2.75, 3.05) is 13.7 Å². The first-order valence-corrected chi connectivity index (χ1v) is 6.72. The summed E-state index contributed by atoms with van der Waals surface area (Å²) in [4.78, 5) is 23.7. The molecule has 0 amide bonds. The molecular formula is C15H14F3NO4. The standard InChI is InChI=1S/C15H14F3NO4/c1-3-23-14(21)8-19-11-6-9(15(16,17)18)4-5-10(11)12(22-2)7-13(19)20/h4-7H,3,8H2,1-2H3. The summed E-state index contributed by atoms with van der Waals surface area (Å²) < 4.78 is 49.4. The Morgan fingerprint density at radius 3 is 2.52 bits per heavy atom. The molecule has 1 heterocycles. The van der Waals surface area contributed by atoms with Gasteiger partial charge < -0.3 is 9.47 Å². The largest absolute Gasteiger partial charge is 0.496 e. The van der Waals surface area contributed by atoms with Crippen LogP contribution in [0.3, 0.4) is 0 Å². The summed E-state index contributed by atoms with van der Waals surface area (Å²) in [7, 11) is 1.31. The predicted octanol–water partition coefficient (Wildman–Crippen LogP) is 2.59. The van der Waals surface area contributed by atoms with Crippen LogP contribution in [0.4, 0.5) is 13.2 Å². The van der Waals surface area contributed by atoms with E-state index < -0.39 is 29.8 Å². The molecule has 8 heteroatoms. The van der Waals surface area contributed by atoms with Crippen LogP contribution < -0.4 is 10.3 Å². The zero-order valence-corrected chi connectivity index (χ0v) is 12.4. The number of halogens is 3. The lowest BCUT2D eigenvalue weighted by atomic mass is 10.1. The van der Waals surface area contributed by atoms with Gasteiger partial charge in [-0.3, -0.25) is 14.2 Å². The van der Waals surface area contributed by atoms with Crippen LogP contribution in [0.2, 0.25) is 0 Å². The molecule has 0 saturated carbocycles. The number of esters is 1. The van der Waals surface area contributed by atoms with Crippen LogP contribution in [-0.4, -0.2) is 24.3 Å². The number of hydrogen-bond donors (Lipinski definition) is 0. The fraction of sp³-hybridized carbons (Fsp3) is 0.333. The van der Waals surface area contributed by atoms with Gasteiger partial charge in [-0.05, 0) is 25.1 Å². The molecule has 2 aromatic rings. The van der Waals surface area contributed by atoms with E-state index in [1.807, 2.05) is 0 Å². The van der Waals surface area contributed by atoms with Crippen molar-refractivity contribution in [3.8, 4) is 5.75 Å². The van der Waals surface area contributed by atoms with Crippen molar-refractivity contribution < 1.29 is 27.4 Å². The van der Waals surface area contributed by atoms with Crippen LogP contribution >= 0.6 is 0 Å². The molecule has 0 fully saturated rings. The van der Waals surface area contributed by atoms with Crippen LogP contribution in [0.25, 0.3) is 10.9 Å². The highest BCUT2D eigenvalue weighted by Gasteiger charge is 2.31. The Balaban J connectivity index is 2.70. The summed E-state index contributed by atoms with van der Waals surface area (Å²) >= 11 is 0. The van der Waals surface area contributed by atoms with Crippen LogP contribution in [0.15, 0.2) is 29.1 Å². The molecule has 0 aliphatic carbocycles. The number of hydrogen-bond acceptors (Lipinski definition) is 4. The number of nitrogens with zero attached hydrogens (tertiary/aromatic N) is 1. The SMILES string of the molecule is CCOC(=O)Cn1c(=O)cc(OC)c2ccc(C(F)(F)F)cc21. The van der Waals surface area contributed by atoms with E-state index in [1.165, 1.54) is 13.2 Å². The minimum Gasteiger partial charge on any atom is -0.496 e. The lowest BCUT2D eigenvalue weighted by Gasteiger charge is -2.14. The van der Waals surface area contributed by atoms with Crippen molar-refractivity contribution >= 4 is 16.9 Å². The Labute approximate surface area is 129 Å². The van der Waals surface area contributed by atoms with Gasteiger partial charge in [-0.15, -0.1) is 0 Å².